The Bertz CT molecular complexity index is 1950. The van der Waals surface area contributed by atoms with Crippen LogP contribution in [0.3, 0.4) is 0 Å². The van der Waals surface area contributed by atoms with Crippen LogP contribution in [-0.4, -0.2) is 47.8 Å². The molecule has 2 aliphatic rings. The molecule has 0 amide bonds. The summed E-state index contributed by atoms with van der Waals surface area (Å²) < 4.78 is 18.9. The highest BCUT2D eigenvalue weighted by Crippen LogP contribution is 2.51. The van der Waals surface area contributed by atoms with E-state index in [0.717, 1.165) is 33.9 Å². The van der Waals surface area contributed by atoms with Crippen LogP contribution >= 0.6 is 11.6 Å². The Balaban J connectivity index is 1.50. The van der Waals surface area contributed by atoms with Gasteiger partial charge in [-0.15, -0.1) is 0 Å². The zero-order valence-corrected chi connectivity index (χ0v) is 25.2. The van der Waals surface area contributed by atoms with Gasteiger partial charge < -0.3 is 24.4 Å². The summed E-state index contributed by atoms with van der Waals surface area (Å²) in [5.74, 6) is 4.24. The summed E-state index contributed by atoms with van der Waals surface area (Å²) in [6.07, 6.45) is 1.74. The lowest BCUT2D eigenvalue weighted by Crippen LogP contribution is -2.46. The van der Waals surface area contributed by atoms with E-state index in [1.165, 1.54) is 0 Å². The van der Waals surface area contributed by atoms with E-state index in [4.69, 9.17) is 40.9 Å². The fourth-order valence-corrected chi connectivity index (χ4v) is 6.00. The van der Waals surface area contributed by atoms with Crippen molar-refractivity contribution in [2.75, 3.05) is 31.5 Å². The molecule has 2 aromatic heterocycles. The number of nitrogens with zero attached hydrogens (tertiary/aromatic N) is 6. The molecule has 220 valence electrons. The number of halogens is 1. The second kappa shape index (κ2) is 11.1. The molecule has 1 atom stereocenters. The molecule has 1 N–H and O–H groups in total. The number of benzene rings is 3. The van der Waals surface area contributed by atoms with E-state index < -0.39 is 6.04 Å². The van der Waals surface area contributed by atoms with E-state index >= 15 is 0 Å². The summed E-state index contributed by atoms with van der Waals surface area (Å²) in [7, 11) is 4.87. The molecule has 5 aromatic rings. The normalized spacial score (nSPS) is 14.9. The molecule has 4 heterocycles. The molecule has 7 rings (SSSR count). The molecule has 11 heteroatoms. The Hall–Kier alpha value is -5.35. The number of aryl methyl sites for hydroxylation is 1. The fourth-order valence-electron chi connectivity index (χ4n) is 5.74. The molecule has 0 unspecified atom stereocenters. The minimum atomic E-state index is -0.409. The van der Waals surface area contributed by atoms with Gasteiger partial charge in [-0.3, -0.25) is 0 Å². The number of rotatable bonds is 6. The first-order valence-electron chi connectivity index (χ1n) is 13.9. The maximum atomic E-state index is 6.50. The van der Waals surface area contributed by atoms with Crippen molar-refractivity contribution in [2.45, 2.75) is 13.0 Å². The molecular weight excluding hydrogens is 578 g/mol. The minimum absolute atomic E-state index is 0.409. The average Bonchev–Trinajstić information content (AvgIpc) is 3.39. The van der Waals surface area contributed by atoms with Crippen LogP contribution in [0.25, 0.3) is 5.82 Å². The number of methoxy groups -OCH3 is 3. The van der Waals surface area contributed by atoms with Gasteiger partial charge in [0.1, 0.15) is 5.75 Å². The second-order valence-corrected chi connectivity index (χ2v) is 10.5. The zero-order valence-electron chi connectivity index (χ0n) is 24.4. The second-order valence-electron chi connectivity index (χ2n) is 10.1. The molecule has 0 saturated carbocycles. The average molecular weight is 606 g/mol. The van der Waals surface area contributed by atoms with Crippen molar-refractivity contribution in [1.82, 2.24) is 14.8 Å². The number of nitrogens with one attached hydrogen (secondary N) is 1. The molecule has 0 bridgehead atoms. The van der Waals surface area contributed by atoms with Gasteiger partial charge in [0.25, 0.3) is 0 Å². The van der Waals surface area contributed by atoms with E-state index in [9.17, 15) is 0 Å². The highest BCUT2D eigenvalue weighted by Gasteiger charge is 2.43. The first-order chi connectivity index (χ1) is 21.5. The lowest BCUT2D eigenvalue weighted by molar-refractivity contribution is 0.350. The molecule has 0 saturated heterocycles. The minimum Gasteiger partial charge on any atom is -0.495 e. The van der Waals surface area contributed by atoms with Gasteiger partial charge >= 0.3 is 0 Å². The molecule has 0 radical (unpaired) electrons. The Morgan fingerprint density at radius 1 is 0.841 bits per heavy atom. The number of para-hydroxylation sites is 3. The molecule has 0 fully saturated rings. The predicted octanol–water partition coefficient (Wildman–Crippen LogP) is 7.05. The summed E-state index contributed by atoms with van der Waals surface area (Å²) in [6.45, 7) is 1.99. The van der Waals surface area contributed by atoms with E-state index in [0.29, 0.717) is 45.6 Å². The monoisotopic (exact) mass is 605 g/mol. The summed E-state index contributed by atoms with van der Waals surface area (Å²) in [6, 6.07) is 24.7. The summed E-state index contributed by atoms with van der Waals surface area (Å²) in [5, 5.41) is 8.89. The number of amidine groups is 2. The van der Waals surface area contributed by atoms with E-state index in [-0.39, 0.29) is 0 Å². The lowest BCUT2D eigenvalue weighted by Gasteiger charge is -2.41. The molecule has 10 nitrogen and oxygen atoms in total. The smallest absolute Gasteiger partial charge is 0.179 e. The third kappa shape index (κ3) is 4.42. The van der Waals surface area contributed by atoms with E-state index in [1.807, 2.05) is 79.7 Å². The number of anilines is 2. The maximum Gasteiger partial charge on any atom is 0.179 e. The maximum absolute atomic E-state index is 6.50. The molecule has 3 aromatic carbocycles. The SMILES string of the molecule is COc1ccc(NC2=Nc3ccccc3N3C2=Nc2c(c(C)nn2-c2ccccn2)[C@H]3c2cccc(OC)c2OC)cc1Cl. The van der Waals surface area contributed by atoms with Crippen LogP contribution in [0.4, 0.5) is 22.9 Å². The Morgan fingerprint density at radius 2 is 1.66 bits per heavy atom. The standard InChI is InChI=1S/C33H28ClN7O3/c1-19-28-29(21-10-9-13-26(43-3)30(21)44-4)40-24-12-6-5-11-23(24)37-31(36-20-15-16-25(42-2)22(34)18-20)33(40)38-32(28)41(39-19)27-14-7-8-17-35-27/h5-18,29H,1-4H3,(H,36,37)/t29-/m1/s1. The number of aliphatic imine (C=N–C) groups is 2. The Kier molecular flexibility index (Phi) is 6.90. The van der Waals surface area contributed by atoms with Crippen molar-refractivity contribution >= 4 is 46.2 Å². The predicted molar refractivity (Wildman–Crippen MR) is 172 cm³/mol. The van der Waals surface area contributed by atoms with Crippen LogP contribution < -0.4 is 24.4 Å². The van der Waals surface area contributed by atoms with Gasteiger partial charge in [-0.2, -0.15) is 9.78 Å². The van der Waals surface area contributed by atoms with Crippen molar-refractivity contribution in [3.05, 3.63) is 107 Å². The van der Waals surface area contributed by atoms with Gasteiger partial charge in [-0.1, -0.05) is 41.9 Å². The van der Waals surface area contributed by atoms with Crippen LogP contribution in [0.2, 0.25) is 5.02 Å². The third-order valence-corrected chi connectivity index (χ3v) is 7.94. The van der Waals surface area contributed by atoms with E-state index in [1.54, 1.807) is 38.3 Å². The number of ether oxygens (including phenoxy) is 3. The Morgan fingerprint density at radius 3 is 2.41 bits per heavy atom. The van der Waals surface area contributed by atoms with Gasteiger partial charge in [-0.25, -0.2) is 15.0 Å². The molecule has 44 heavy (non-hydrogen) atoms. The van der Waals surface area contributed by atoms with Crippen LogP contribution in [-0.2, 0) is 0 Å². The van der Waals surface area contributed by atoms with E-state index in [2.05, 4.69) is 15.2 Å². The highest BCUT2D eigenvalue weighted by atomic mass is 35.5. The molecule has 0 spiro atoms. The summed E-state index contributed by atoms with van der Waals surface area (Å²) in [5.41, 5.74) is 4.99. The fraction of sp³-hybridized carbons (Fsp3) is 0.152. The van der Waals surface area contributed by atoms with Crippen LogP contribution in [0, 0.1) is 6.92 Å². The summed E-state index contributed by atoms with van der Waals surface area (Å²) in [4.78, 5) is 17.0. The number of fused-ring (bicyclic) bond motifs is 4. The van der Waals surface area contributed by atoms with Gasteiger partial charge in [-0.05, 0) is 55.5 Å². The van der Waals surface area contributed by atoms with Crippen molar-refractivity contribution in [3.63, 3.8) is 0 Å². The van der Waals surface area contributed by atoms with Gasteiger partial charge in [0, 0.05) is 23.0 Å². The zero-order chi connectivity index (χ0) is 30.4. The number of hydrogen-bond donors (Lipinski definition) is 1. The van der Waals surface area contributed by atoms with Crippen LogP contribution in [0.5, 0.6) is 17.2 Å². The van der Waals surface area contributed by atoms with Crippen molar-refractivity contribution in [3.8, 4) is 23.1 Å². The van der Waals surface area contributed by atoms with Gasteiger partial charge in [0.2, 0.25) is 0 Å². The number of aromatic nitrogens is 3. The molecule has 2 aliphatic heterocycles. The van der Waals surface area contributed by atoms with Gasteiger partial charge in [0.05, 0.1) is 49.5 Å². The summed E-state index contributed by atoms with van der Waals surface area (Å²) >= 11 is 6.50. The molecular formula is C33H28ClN7O3. The third-order valence-electron chi connectivity index (χ3n) is 7.65. The lowest BCUT2D eigenvalue weighted by atomic mass is 9.92. The highest BCUT2D eigenvalue weighted by molar-refractivity contribution is 6.51. The van der Waals surface area contributed by atoms with Gasteiger partial charge in [0.15, 0.2) is 34.8 Å². The van der Waals surface area contributed by atoms with Crippen molar-refractivity contribution in [1.29, 1.82) is 0 Å². The van der Waals surface area contributed by atoms with Crippen molar-refractivity contribution in [2.24, 2.45) is 9.98 Å². The van der Waals surface area contributed by atoms with Crippen LogP contribution in [0.15, 0.2) is 95.0 Å². The van der Waals surface area contributed by atoms with Crippen molar-refractivity contribution < 1.29 is 14.2 Å². The first kappa shape index (κ1) is 27.5. The largest absolute Gasteiger partial charge is 0.495 e. The quantitative estimate of drug-likeness (QED) is 0.221. The number of hydrogen-bond acceptors (Lipinski definition) is 9. The Labute approximate surface area is 259 Å². The van der Waals surface area contributed by atoms with Crippen LogP contribution in [0.1, 0.15) is 22.9 Å². The number of pyridine rings is 1. The topological polar surface area (TPSA) is 98.4 Å². The first-order valence-corrected chi connectivity index (χ1v) is 14.3. The molecule has 0 aliphatic carbocycles.